The molecule has 1 unspecified atom stereocenters. The molecule has 10 heteroatoms. The first kappa shape index (κ1) is 21.1. The molecule has 4 N–H and O–H groups in total. The Morgan fingerprint density at radius 2 is 2.00 bits per heavy atom. The highest BCUT2D eigenvalue weighted by atomic mass is 32.2. The van der Waals surface area contributed by atoms with Gasteiger partial charge in [-0.05, 0) is 68.4 Å². The number of nitrogens with one attached hydrogen (secondary N) is 1. The number of benzene rings is 1. The Bertz CT molecular complexity index is 1200. The fourth-order valence-electron chi connectivity index (χ4n) is 3.97. The molecule has 2 aliphatic carbocycles. The molecule has 7 nitrogen and oxygen atoms in total. The van der Waals surface area contributed by atoms with Crippen molar-refractivity contribution >= 4 is 38.8 Å². The number of aryl methyl sites for hydroxylation is 1. The maximum absolute atomic E-state index is 14.3. The van der Waals surface area contributed by atoms with E-state index in [0.29, 0.717) is 24.1 Å². The summed E-state index contributed by atoms with van der Waals surface area (Å²) in [5, 5.41) is 18.4. The Morgan fingerprint density at radius 1 is 1.27 bits per heavy atom. The fraction of sp³-hybridized carbons (Fsp3) is 0.400. The minimum absolute atomic E-state index is 0.0366. The Morgan fingerprint density at radius 3 is 2.67 bits per heavy atom. The first-order valence-electron chi connectivity index (χ1n) is 9.56. The molecule has 0 bridgehead atoms. The third-order valence-corrected chi connectivity index (χ3v) is 8.73. The summed E-state index contributed by atoms with van der Waals surface area (Å²) in [7, 11) is -3.86. The molecule has 30 heavy (non-hydrogen) atoms. The number of fused-ring (bicyclic) bond motifs is 2. The molecule has 2 aromatic rings. The molecular formula is C20H22FN3O4S2. The lowest BCUT2D eigenvalue weighted by Gasteiger charge is -2.14. The van der Waals surface area contributed by atoms with Crippen LogP contribution in [-0.4, -0.2) is 21.1 Å². The summed E-state index contributed by atoms with van der Waals surface area (Å²) < 4.78 is 30.3. The second-order valence-electron chi connectivity index (χ2n) is 8.09. The maximum Gasteiger partial charge on any atom is 0.354 e. The number of nitrogens with zero attached hydrogens (tertiary/aromatic N) is 1. The van der Waals surface area contributed by atoms with Crippen molar-refractivity contribution < 1.29 is 23.3 Å². The second kappa shape index (κ2) is 7.23. The van der Waals surface area contributed by atoms with E-state index in [9.17, 15) is 23.3 Å². The molecule has 0 spiro atoms. The van der Waals surface area contributed by atoms with E-state index in [-0.39, 0.29) is 10.7 Å². The predicted molar refractivity (Wildman–Crippen MR) is 113 cm³/mol. The quantitative estimate of drug-likeness (QED) is 0.659. The van der Waals surface area contributed by atoms with Crippen molar-refractivity contribution in [2.24, 2.45) is 9.50 Å². The van der Waals surface area contributed by atoms with Crippen molar-refractivity contribution in [2.45, 2.75) is 55.8 Å². The molecular weight excluding hydrogens is 429 g/mol. The Hall–Kier alpha value is -2.14. The third kappa shape index (κ3) is 3.68. The van der Waals surface area contributed by atoms with Crippen LogP contribution in [0.15, 0.2) is 20.7 Å². The number of halogens is 1. The SMILES string of the molecule is CC(C)(O)c1cc(F)c(S(N)(=O)=NC(=O)Nc2c3c(cc4c2CCC4=O)CCC3)s1. The average molecular weight is 452 g/mol. The lowest BCUT2D eigenvalue weighted by Crippen LogP contribution is -2.19. The molecule has 0 saturated carbocycles. The topological polar surface area (TPSA) is 122 Å². The molecule has 2 aliphatic rings. The molecule has 0 fully saturated rings. The number of Topliss-reactive ketones (excluding diaryl/α,β-unsaturated/α-hetero) is 1. The number of nitrogens with two attached hydrogens (primary N) is 1. The zero-order valence-corrected chi connectivity index (χ0v) is 18.2. The van der Waals surface area contributed by atoms with Gasteiger partial charge in [-0.25, -0.2) is 18.5 Å². The Balaban J connectivity index is 1.70. The molecule has 1 aromatic heterocycles. The van der Waals surface area contributed by atoms with Gasteiger partial charge in [0, 0.05) is 22.5 Å². The van der Waals surface area contributed by atoms with Gasteiger partial charge >= 0.3 is 6.03 Å². The summed E-state index contributed by atoms with van der Waals surface area (Å²) in [5.74, 6) is -0.845. The van der Waals surface area contributed by atoms with Crippen molar-refractivity contribution in [2.75, 3.05) is 5.32 Å². The van der Waals surface area contributed by atoms with E-state index < -0.39 is 31.6 Å². The van der Waals surface area contributed by atoms with Gasteiger partial charge in [0.05, 0.1) is 5.60 Å². The van der Waals surface area contributed by atoms with Crippen molar-refractivity contribution in [3.8, 4) is 0 Å². The minimum atomic E-state index is -3.86. The van der Waals surface area contributed by atoms with Gasteiger partial charge in [0.15, 0.2) is 25.7 Å². The average Bonchev–Trinajstić information content (AvgIpc) is 3.33. The summed E-state index contributed by atoms with van der Waals surface area (Å²) in [6, 6.07) is 2.00. The van der Waals surface area contributed by atoms with Crippen LogP contribution in [0.5, 0.6) is 0 Å². The van der Waals surface area contributed by atoms with Gasteiger partial charge in [0.1, 0.15) is 0 Å². The summed E-state index contributed by atoms with van der Waals surface area (Å²) in [6.07, 6.45) is 3.40. The van der Waals surface area contributed by atoms with Gasteiger partial charge in [-0.3, -0.25) is 4.79 Å². The highest BCUT2D eigenvalue weighted by Crippen LogP contribution is 2.39. The number of hydrogen-bond acceptors (Lipinski definition) is 5. The van der Waals surface area contributed by atoms with Crippen molar-refractivity contribution in [3.63, 3.8) is 0 Å². The Labute approximate surface area is 177 Å². The smallest absolute Gasteiger partial charge is 0.354 e. The third-order valence-electron chi connectivity index (χ3n) is 5.38. The van der Waals surface area contributed by atoms with E-state index in [1.54, 1.807) is 0 Å². The Kier molecular flexibility index (Phi) is 5.08. The van der Waals surface area contributed by atoms with Crippen LogP contribution in [0.25, 0.3) is 0 Å². The molecule has 1 aromatic carbocycles. The largest absolute Gasteiger partial charge is 0.385 e. The number of anilines is 1. The number of aliphatic hydroxyl groups is 1. The lowest BCUT2D eigenvalue weighted by atomic mass is 9.98. The summed E-state index contributed by atoms with van der Waals surface area (Å²) in [6.45, 7) is 2.92. The van der Waals surface area contributed by atoms with Gasteiger partial charge in [-0.2, -0.15) is 0 Å². The molecule has 2 amide bonds. The van der Waals surface area contributed by atoms with Crippen LogP contribution in [0.2, 0.25) is 0 Å². The zero-order chi connectivity index (χ0) is 21.8. The van der Waals surface area contributed by atoms with Crippen LogP contribution in [-0.2, 0) is 34.8 Å². The summed E-state index contributed by atoms with van der Waals surface area (Å²) >= 11 is 0.718. The second-order valence-corrected chi connectivity index (χ2v) is 11.1. The molecule has 0 saturated heterocycles. The van der Waals surface area contributed by atoms with Crippen LogP contribution in [0, 0.1) is 5.82 Å². The molecule has 0 radical (unpaired) electrons. The predicted octanol–water partition coefficient (Wildman–Crippen LogP) is 3.66. The molecule has 0 aliphatic heterocycles. The minimum Gasteiger partial charge on any atom is -0.385 e. The number of hydrogen-bond donors (Lipinski definition) is 3. The van der Waals surface area contributed by atoms with Crippen LogP contribution in [0.4, 0.5) is 14.9 Å². The highest BCUT2D eigenvalue weighted by Gasteiger charge is 2.30. The lowest BCUT2D eigenvalue weighted by molar-refractivity contribution is 0.0823. The number of urea groups is 1. The molecule has 4 rings (SSSR count). The summed E-state index contributed by atoms with van der Waals surface area (Å²) in [5.41, 5.74) is 2.55. The normalized spacial score (nSPS) is 17.4. The maximum atomic E-state index is 14.3. The zero-order valence-electron chi connectivity index (χ0n) is 16.6. The van der Waals surface area contributed by atoms with Gasteiger partial charge in [0.25, 0.3) is 0 Å². The molecule has 1 heterocycles. The summed E-state index contributed by atoms with van der Waals surface area (Å²) in [4.78, 5) is 25.0. The first-order valence-corrected chi connectivity index (χ1v) is 12.0. The van der Waals surface area contributed by atoms with Crippen LogP contribution >= 0.6 is 11.3 Å². The number of amides is 2. The van der Waals surface area contributed by atoms with Crippen LogP contribution in [0.1, 0.15) is 58.6 Å². The molecule has 160 valence electrons. The van der Waals surface area contributed by atoms with Gasteiger partial charge in [0.2, 0.25) is 0 Å². The van der Waals surface area contributed by atoms with Gasteiger partial charge in [-0.15, -0.1) is 15.7 Å². The van der Waals surface area contributed by atoms with Gasteiger partial charge < -0.3 is 10.4 Å². The van der Waals surface area contributed by atoms with Crippen molar-refractivity contribution in [1.82, 2.24) is 0 Å². The fourth-order valence-corrected chi connectivity index (χ4v) is 6.31. The number of ketones is 1. The van der Waals surface area contributed by atoms with Crippen molar-refractivity contribution in [3.05, 3.63) is 45.1 Å². The van der Waals surface area contributed by atoms with E-state index in [4.69, 9.17) is 5.14 Å². The number of carbonyl (C=O) groups is 2. The van der Waals surface area contributed by atoms with Crippen LogP contribution in [0.3, 0.4) is 0 Å². The van der Waals surface area contributed by atoms with Crippen molar-refractivity contribution in [1.29, 1.82) is 0 Å². The number of carbonyl (C=O) groups excluding carboxylic acids is 2. The van der Waals surface area contributed by atoms with E-state index in [1.165, 1.54) is 13.8 Å². The monoisotopic (exact) mass is 451 g/mol. The van der Waals surface area contributed by atoms with E-state index >= 15 is 0 Å². The van der Waals surface area contributed by atoms with E-state index in [2.05, 4.69) is 9.68 Å². The number of rotatable bonds is 3. The highest BCUT2D eigenvalue weighted by molar-refractivity contribution is 7.93. The standard InChI is InChI=1S/C20H22FN3O4S2/c1-20(2,27)16-9-14(21)18(29-16)30(22,28)24-19(26)23-17-11-5-3-4-10(11)8-13-12(17)6-7-15(13)25/h8-9,27H,3-7H2,1-2H3,(H3,22,23,24,26,28). The van der Waals surface area contributed by atoms with Gasteiger partial charge in [-0.1, -0.05) is 0 Å². The number of thiophene rings is 1. The molecule has 1 atom stereocenters. The van der Waals surface area contributed by atoms with E-state index in [1.807, 2.05) is 6.07 Å². The van der Waals surface area contributed by atoms with E-state index in [0.717, 1.165) is 53.4 Å². The van der Waals surface area contributed by atoms with Crippen LogP contribution < -0.4 is 10.5 Å². The first-order chi connectivity index (χ1) is 14.0.